The Labute approximate surface area is 250 Å². The summed E-state index contributed by atoms with van der Waals surface area (Å²) >= 11 is 0. The predicted octanol–water partition coefficient (Wildman–Crippen LogP) is -1.30. The average Bonchev–Trinajstić information content (AvgIpc) is 3.34. The van der Waals surface area contributed by atoms with E-state index in [1.165, 1.54) is 9.80 Å². The maximum absolute atomic E-state index is 13.3. The molecule has 17 heteroatoms. The molecule has 0 aromatic heterocycles. The third-order valence-corrected chi connectivity index (χ3v) is 9.53. The Hall–Kier alpha value is -3.25. The molecule has 6 aliphatic rings. The minimum Gasteiger partial charge on any atom is -0.351 e. The highest BCUT2D eigenvalue weighted by atomic mass is 32.3. The van der Waals surface area contributed by atoms with Crippen LogP contribution in [0.2, 0.25) is 0 Å². The van der Waals surface area contributed by atoms with Crippen molar-refractivity contribution in [3.63, 3.8) is 0 Å². The lowest BCUT2D eigenvalue weighted by Crippen LogP contribution is -2.53. The fraction of sp³-hybridized carbons (Fsp3) is 0.692. The number of hydroxylamine groups is 4. The highest BCUT2D eigenvalue weighted by Gasteiger charge is 2.52. The first kappa shape index (κ1) is 29.8. The molecule has 0 unspecified atom stereocenters. The van der Waals surface area contributed by atoms with E-state index in [0.29, 0.717) is 21.3 Å². The van der Waals surface area contributed by atoms with Crippen molar-refractivity contribution in [2.24, 2.45) is 0 Å². The van der Waals surface area contributed by atoms with Gasteiger partial charge in [0.25, 0.3) is 0 Å². The number of amides is 6. The zero-order chi connectivity index (χ0) is 30.5. The molecule has 0 spiro atoms. The molecule has 6 rings (SSSR count). The summed E-state index contributed by atoms with van der Waals surface area (Å²) in [5.41, 5.74) is 1.18. The fourth-order valence-corrected chi connectivity index (χ4v) is 7.54. The number of nitrogens with zero attached hydrogens (tertiary/aromatic N) is 4. The van der Waals surface area contributed by atoms with Crippen molar-refractivity contribution in [2.75, 3.05) is 39.3 Å². The number of hydrogen-bond acceptors (Lipinski definition) is 10. The number of fused-ring (bicyclic) bond motifs is 4. The molecule has 16 nitrogen and oxygen atoms in total. The van der Waals surface area contributed by atoms with Gasteiger partial charge in [0.2, 0.25) is 11.8 Å². The molecule has 4 atom stereocenters. The summed E-state index contributed by atoms with van der Waals surface area (Å²) in [6.07, 6.45) is 6.34. The van der Waals surface area contributed by atoms with E-state index in [9.17, 15) is 27.6 Å². The van der Waals surface area contributed by atoms with Crippen LogP contribution in [0.1, 0.15) is 39.5 Å². The molecule has 0 aromatic rings. The molecule has 4 saturated heterocycles. The van der Waals surface area contributed by atoms with Gasteiger partial charge in [0.15, 0.2) is 0 Å². The Balaban J connectivity index is 1.10. The monoisotopic (exact) mass is 622 g/mol. The number of nitrogens with one attached hydrogen (secondary N) is 4. The first-order valence-corrected chi connectivity index (χ1v) is 16.1. The molecule has 0 saturated carbocycles. The third kappa shape index (κ3) is 5.83. The summed E-state index contributed by atoms with van der Waals surface area (Å²) in [7, 11) is -4.96. The molecular weight excluding hydrogens is 584 g/mol. The first-order valence-electron chi connectivity index (χ1n) is 14.7. The maximum Gasteiger partial charge on any atom is 0.442 e. The molecule has 6 amide bonds. The Bertz CT molecular complexity index is 1250. The van der Waals surface area contributed by atoms with Crippen molar-refractivity contribution in [3.05, 3.63) is 23.3 Å². The van der Waals surface area contributed by atoms with E-state index >= 15 is 0 Å². The lowest BCUT2D eigenvalue weighted by molar-refractivity contribution is -0.126. The predicted molar refractivity (Wildman–Crippen MR) is 150 cm³/mol. The number of urea groups is 2. The van der Waals surface area contributed by atoms with Gasteiger partial charge in [0, 0.05) is 12.1 Å². The van der Waals surface area contributed by atoms with E-state index in [1.807, 2.05) is 0 Å². The first-order chi connectivity index (χ1) is 20.5. The van der Waals surface area contributed by atoms with Gasteiger partial charge in [-0.2, -0.15) is 18.5 Å². The topological polar surface area (TPSA) is 182 Å². The second kappa shape index (κ2) is 11.7. The molecule has 0 aromatic carbocycles. The van der Waals surface area contributed by atoms with Crippen LogP contribution >= 0.6 is 0 Å². The van der Waals surface area contributed by atoms with Crippen LogP contribution in [-0.2, 0) is 28.6 Å². The quantitative estimate of drug-likeness (QED) is 0.238. The maximum atomic E-state index is 13.3. The van der Waals surface area contributed by atoms with E-state index in [2.05, 4.69) is 21.3 Å². The zero-order valence-electron chi connectivity index (χ0n) is 24.2. The summed E-state index contributed by atoms with van der Waals surface area (Å²) in [4.78, 5) is 55.3. The third-order valence-electron chi connectivity index (χ3n) is 8.85. The van der Waals surface area contributed by atoms with Crippen LogP contribution in [0.3, 0.4) is 0 Å². The van der Waals surface area contributed by atoms with Crippen molar-refractivity contribution in [2.45, 2.75) is 75.8 Å². The molecule has 4 N–H and O–H groups in total. The molecule has 4 fully saturated rings. The van der Waals surface area contributed by atoms with Crippen LogP contribution < -0.4 is 21.3 Å². The summed E-state index contributed by atoms with van der Waals surface area (Å²) in [5, 5.41) is 13.8. The van der Waals surface area contributed by atoms with E-state index in [0.717, 1.165) is 51.9 Å². The van der Waals surface area contributed by atoms with Gasteiger partial charge < -0.3 is 31.1 Å². The lowest BCUT2D eigenvalue weighted by atomic mass is 9.98. The van der Waals surface area contributed by atoms with Crippen LogP contribution in [0, 0.1) is 0 Å². The zero-order valence-corrected chi connectivity index (χ0v) is 25.0. The van der Waals surface area contributed by atoms with Crippen molar-refractivity contribution < 1.29 is 36.2 Å². The number of rotatable bonds is 8. The van der Waals surface area contributed by atoms with Gasteiger partial charge in [-0.05, 0) is 76.9 Å². The number of piperidine rings is 2. The van der Waals surface area contributed by atoms with E-state index in [4.69, 9.17) is 8.57 Å². The van der Waals surface area contributed by atoms with E-state index in [-0.39, 0.29) is 37.0 Å². The van der Waals surface area contributed by atoms with Gasteiger partial charge in [0.05, 0.1) is 25.2 Å². The Morgan fingerprint density at radius 1 is 0.744 bits per heavy atom. The largest absolute Gasteiger partial charge is 0.442 e. The number of hydrogen-bond donors (Lipinski definition) is 4. The molecule has 6 heterocycles. The second-order valence-electron chi connectivity index (χ2n) is 11.9. The minimum absolute atomic E-state index is 0.0146. The molecule has 0 radical (unpaired) electrons. The Morgan fingerprint density at radius 2 is 1.12 bits per heavy atom. The van der Waals surface area contributed by atoms with Gasteiger partial charge in [-0.15, -0.1) is 8.57 Å². The normalized spacial score (nSPS) is 30.0. The van der Waals surface area contributed by atoms with Crippen LogP contribution in [0.15, 0.2) is 23.3 Å². The van der Waals surface area contributed by atoms with E-state index < -0.39 is 46.6 Å². The molecular formula is C26H38N8O8S. The lowest BCUT2D eigenvalue weighted by Gasteiger charge is -2.32. The minimum atomic E-state index is -4.96. The molecule has 43 heavy (non-hydrogen) atoms. The Morgan fingerprint density at radius 3 is 1.49 bits per heavy atom. The SMILES string of the molecule is CC1=C[C@@H]2CN(C(=O)N2OS(=O)(=O)ON2C(=O)N3C[C@H]2C=C(C)[C@H]3C(=O)NC2CCNCC2)[C@@H]1C(=O)NC1CCNCC1. The van der Waals surface area contributed by atoms with Crippen LogP contribution in [0.4, 0.5) is 9.59 Å². The summed E-state index contributed by atoms with van der Waals surface area (Å²) in [6, 6.07) is -5.01. The van der Waals surface area contributed by atoms with Gasteiger partial charge in [0.1, 0.15) is 12.1 Å². The molecule has 6 aliphatic heterocycles. The van der Waals surface area contributed by atoms with Gasteiger partial charge in [-0.1, -0.05) is 12.2 Å². The molecule has 0 aliphatic carbocycles. The highest BCUT2D eigenvalue weighted by molar-refractivity contribution is 7.81. The number of carbonyl (C=O) groups is 4. The van der Waals surface area contributed by atoms with Crippen LogP contribution in [0.5, 0.6) is 0 Å². The van der Waals surface area contributed by atoms with E-state index in [1.54, 1.807) is 26.0 Å². The van der Waals surface area contributed by atoms with Crippen molar-refractivity contribution in [1.82, 2.24) is 41.2 Å². The van der Waals surface area contributed by atoms with Crippen molar-refractivity contribution in [1.29, 1.82) is 0 Å². The number of carbonyl (C=O) groups excluding carboxylic acids is 4. The highest BCUT2D eigenvalue weighted by Crippen LogP contribution is 2.33. The smallest absolute Gasteiger partial charge is 0.351 e. The second-order valence-corrected chi connectivity index (χ2v) is 13.0. The fourth-order valence-electron chi connectivity index (χ4n) is 6.77. The molecule has 236 valence electrons. The average molecular weight is 623 g/mol. The molecule has 4 bridgehead atoms. The Kier molecular flexibility index (Phi) is 8.10. The summed E-state index contributed by atoms with van der Waals surface area (Å²) in [6.45, 7) is 6.65. The van der Waals surface area contributed by atoms with Gasteiger partial charge >= 0.3 is 22.5 Å². The van der Waals surface area contributed by atoms with Crippen molar-refractivity contribution >= 4 is 34.3 Å². The van der Waals surface area contributed by atoms with Gasteiger partial charge in [-0.3, -0.25) is 9.59 Å². The van der Waals surface area contributed by atoms with Gasteiger partial charge in [-0.25, -0.2) is 9.59 Å². The standard InChI is InChI=1S/C26H38N8O8S/c1-15-11-19-13-31(21(15)23(35)29-17-3-7-27-8-4-17)25(37)33(19)41-43(39,40)42-34-20-12-16(2)22(32(14-20)26(34)38)24(36)30-18-5-9-28-10-6-18/h11-12,17-22,27-28H,3-10,13-14H2,1-2H3,(H,29,35)(H,30,36)/t19-,20-,21+,22+/m1/s1. The van der Waals surface area contributed by atoms with Crippen molar-refractivity contribution in [3.8, 4) is 0 Å². The van der Waals surface area contributed by atoms with Crippen LogP contribution in [-0.4, -0.2) is 128 Å². The summed E-state index contributed by atoms with van der Waals surface area (Å²) in [5.74, 6) is -0.670. The summed E-state index contributed by atoms with van der Waals surface area (Å²) < 4.78 is 36.3. The van der Waals surface area contributed by atoms with Crippen LogP contribution in [0.25, 0.3) is 0 Å².